The predicted octanol–water partition coefficient (Wildman–Crippen LogP) is 4.11. The van der Waals surface area contributed by atoms with Gasteiger partial charge < -0.3 is 20.5 Å². The van der Waals surface area contributed by atoms with Gasteiger partial charge in [0, 0.05) is 21.8 Å². The fourth-order valence-corrected chi connectivity index (χ4v) is 3.75. The zero-order valence-electron chi connectivity index (χ0n) is 15.5. The number of rotatable bonds is 4. The molecule has 0 aromatic heterocycles. The fraction of sp³-hybridized carbons (Fsp3) is 0.130. The summed E-state index contributed by atoms with van der Waals surface area (Å²) in [5, 5.41) is 16.2. The van der Waals surface area contributed by atoms with Gasteiger partial charge in [-0.2, -0.15) is 0 Å². The van der Waals surface area contributed by atoms with E-state index in [2.05, 4.69) is 44.8 Å². The van der Waals surface area contributed by atoms with Crippen molar-refractivity contribution in [2.24, 2.45) is 0 Å². The third kappa shape index (κ3) is 3.91. The molecule has 2 atom stereocenters. The lowest BCUT2D eigenvalue weighted by atomic mass is 9.98. The number of para-hydroxylation sites is 1. The second-order valence-electron chi connectivity index (χ2n) is 6.76. The summed E-state index contributed by atoms with van der Waals surface area (Å²) in [4.78, 5) is 0. The van der Waals surface area contributed by atoms with Crippen molar-refractivity contribution in [1.82, 2.24) is 5.32 Å². The Bertz CT molecular complexity index is 984. The summed E-state index contributed by atoms with van der Waals surface area (Å²) < 4.78 is 6.33. The van der Waals surface area contributed by atoms with Crippen LogP contribution in [0, 0.1) is 0 Å². The van der Waals surface area contributed by atoms with E-state index in [1.807, 2.05) is 54.6 Å². The van der Waals surface area contributed by atoms with Crippen LogP contribution in [0.15, 0.2) is 83.3 Å². The van der Waals surface area contributed by atoms with Crippen LogP contribution in [0.5, 0.6) is 11.5 Å². The minimum absolute atomic E-state index is 0.00630. The summed E-state index contributed by atoms with van der Waals surface area (Å²) in [6.07, 6.45) is 2.19. The lowest BCUT2D eigenvalue weighted by Crippen LogP contribution is -2.89. The Labute approximate surface area is 173 Å². The van der Waals surface area contributed by atoms with Crippen LogP contribution in [0.2, 0.25) is 0 Å². The number of nitrogens with one attached hydrogen (secondary N) is 1. The van der Waals surface area contributed by atoms with E-state index in [9.17, 15) is 5.11 Å². The van der Waals surface area contributed by atoms with E-state index < -0.39 is 0 Å². The molecular formula is C23H22BrN2O2+. The molecule has 4 rings (SSSR count). The average molecular weight is 438 g/mol. The molecule has 1 aliphatic heterocycles. The zero-order chi connectivity index (χ0) is 19.5. The maximum absolute atomic E-state index is 10.4. The van der Waals surface area contributed by atoms with Crippen molar-refractivity contribution in [3.8, 4) is 11.5 Å². The minimum atomic E-state index is -0.00630. The number of phenolic OH excluding ortho intramolecular Hbond substituents is 1. The third-order valence-electron chi connectivity index (χ3n) is 4.98. The molecule has 0 saturated carbocycles. The van der Waals surface area contributed by atoms with Gasteiger partial charge in [0.15, 0.2) is 6.17 Å². The standard InChI is InChI=1S/C23H21BrN2O2/c1-28-18-12-8-15(9-13-18)20-14-21(19-4-2-3-5-22(19)27)26-23(25-20)16-6-10-17(24)11-7-16/h2-14,21,23,25-27H,1H3/p+1. The topological polar surface area (TPSA) is 58.1 Å². The molecular weight excluding hydrogens is 416 g/mol. The maximum Gasteiger partial charge on any atom is 0.186 e. The largest absolute Gasteiger partial charge is 0.507 e. The van der Waals surface area contributed by atoms with Crippen molar-refractivity contribution in [3.63, 3.8) is 0 Å². The van der Waals surface area contributed by atoms with E-state index in [0.717, 1.165) is 27.0 Å². The predicted molar refractivity (Wildman–Crippen MR) is 114 cm³/mol. The van der Waals surface area contributed by atoms with Crippen molar-refractivity contribution < 1.29 is 15.2 Å². The summed E-state index contributed by atoms with van der Waals surface area (Å²) in [5.74, 6) is 1.14. The third-order valence-corrected chi connectivity index (χ3v) is 5.51. The van der Waals surface area contributed by atoms with Gasteiger partial charge in [-0.05, 0) is 66.2 Å². The molecule has 5 heteroatoms. The number of ether oxygens (including phenoxy) is 1. The summed E-state index contributed by atoms with van der Waals surface area (Å²) >= 11 is 3.50. The number of hydrogen-bond donors (Lipinski definition) is 3. The molecule has 4 nitrogen and oxygen atoms in total. The Hall–Kier alpha value is -2.76. The van der Waals surface area contributed by atoms with Crippen LogP contribution in [-0.2, 0) is 0 Å². The Kier molecular flexibility index (Phi) is 5.37. The number of halogens is 1. The molecule has 3 aromatic rings. The molecule has 0 amide bonds. The van der Waals surface area contributed by atoms with Crippen LogP contribution in [0.25, 0.3) is 5.70 Å². The van der Waals surface area contributed by atoms with E-state index >= 15 is 0 Å². The van der Waals surface area contributed by atoms with Gasteiger partial charge in [0.25, 0.3) is 0 Å². The van der Waals surface area contributed by atoms with Crippen LogP contribution in [0.4, 0.5) is 0 Å². The van der Waals surface area contributed by atoms with Gasteiger partial charge in [-0.1, -0.05) is 28.1 Å². The van der Waals surface area contributed by atoms with E-state index in [1.165, 1.54) is 5.56 Å². The van der Waals surface area contributed by atoms with Crippen LogP contribution in [-0.4, -0.2) is 12.2 Å². The van der Waals surface area contributed by atoms with Crippen molar-refractivity contribution in [2.75, 3.05) is 7.11 Å². The fourth-order valence-electron chi connectivity index (χ4n) is 3.48. The second kappa shape index (κ2) is 8.09. The molecule has 2 unspecified atom stereocenters. The summed E-state index contributed by atoms with van der Waals surface area (Å²) in [6.45, 7) is 0. The van der Waals surface area contributed by atoms with E-state index in [1.54, 1.807) is 13.2 Å². The van der Waals surface area contributed by atoms with Crippen LogP contribution < -0.4 is 15.4 Å². The Morgan fingerprint density at radius 1 is 0.964 bits per heavy atom. The Morgan fingerprint density at radius 2 is 1.68 bits per heavy atom. The molecule has 1 heterocycles. The quantitative estimate of drug-likeness (QED) is 0.575. The monoisotopic (exact) mass is 437 g/mol. The highest BCUT2D eigenvalue weighted by molar-refractivity contribution is 9.10. The first-order valence-electron chi connectivity index (χ1n) is 9.15. The minimum Gasteiger partial charge on any atom is -0.507 e. The van der Waals surface area contributed by atoms with Crippen LogP contribution >= 0.6 is 15.9 Å². The van der Waals surface area contributed by atoms with Crippen molar-refractivity contribution in [2.45, 2.75) is 12.2 Å². The lowest BCUT2D eigenvalue weighted by molar-refractivity contribution is -0.731. The number of nitrogens with two attached hydrogens (primary N) is 1. The van der Waals surface area contributed by atoms with E-state index in [4.69, 9.17) is 4.74 Å². The molecule has 0 aliphatic carbocycles. The number of hydrogen-bond acceptors (Lipinski definition) is 3. The van der Waals surface area contributed by atoms with Crippen molar-refractivity contribution in [1.29, 1.82) is 0 Å². The highest BCUT2D eigenvalue weighted by Crippen LogP contribution is 2.29. The van der Waals surface area contributed by atoms with Crippen molar-refractivity contribution in [3.05, 3.63) is 100 Å². The first-order valence-corrected chi connectivity index (χ1v) is 9.94. The molecule has 3 aromatic carbocycles. The lowest BCUT2D eigenvalue weighted by Gasteiger charge is -2.30. The van der Waals surface area contributed by atoms with E-state index in [-0.39, 0.29) is 12.2 Å². The van der Waals surface area contributed by atoms with Gasteiger partial charge in [-0.25, -0.2) is 0 Å². The smallest absolute Gasteiger partial charge is 0.186 e. The summed E-state index contributed by atoms with van der Waals surface area (Å²) in [5.41, 5.74) is 4.18. The summed E-state index contributed by atoms with van der Waals surface area (Å²) in [6, 6.07) is 23.8. The SMILES string of the molecule is COc1ccc(C2=CC(c3ccccc3O)[NH2+]C(c3ccc(Br)cc3)N2)cc1. The molecule has 0 radical (unpaired) electrons. The van der Waals surface area contributed by atoms with Gasteiger partial charge in [-0.3, -0.25) is 0 Å². The molecule has 1 aliphatic rings. The molecule has 28 heavy (non-hydrogen) atoms. The Morgan fingerprint density at radius 3 is 2.36 bits per heavy atom. The number of aromatic hydroxyl groups is 1. The van der Waals surface area contributed by atoms with E-state index in [0.29, 0.717) is 5.75 Å². The molecule has 142 valence electrons. The average Bonchev–Trinajstić information content (AvgIpc) is 2.74. The highest BCUT2D eigenvalue weighted by Gasteiger charge is 2.29. The van der Waals surface area contributed by atoms with Gasteiger partial charge >= 0.3 is 0 Å². The Balaban J connectivity index is 1.73. The van der Waals surface area contributed by atoms with Gasteiger partial charge in [0.05, 0.1) is 12.7 Å². The van der Waals surface area contributed by atoms with Gasteiger partial charge in [0.2, 0.25) is 0 Å². The van der Waals surface area contributed by atoms with Gasteiger partial charge in [0.1, 0.15) is 17.5 Å². The molecule has 0 saturated heterocycles. The first-order chi connectivity index (χ1) is 13.6. The number of methoxy groups -OCH3 is 1. The van der Waals surface area contributed by atoms with Crippen LogP contribution in [0.1, 0.15) is 28.9 Å². The maximum atomic E-state index is 10.4. The number of phenols is 1. The number of benzene rings is 3. The molecule has 0 bridgehead atoms. The molecule has 0 fully saturated rings. The number of quaternary nitrogens is 1. The van der Waals surface area contributed by atoms with Gasteiger partial charge in [-0.15, -0.1) is 0 Å². The van der Waals surface area contributed by atoms with Crippen molar-refractivity contribution >= 4 is 21.6 Å². The highest BCUT2D eigenvalue weighted by atomic mass is 79.9. The van der Waals surface area contributed by atoms with Crippen LogP contribution in [0.3, 0.4) is 0 Å². The second-order valence-corrected chi connectivity index (χ2v) is 7.68. The zero-order valence-corrected chi connectivity index (χ0v) is 17.1. The molecule has 4 N–H and O–H groups in total. The summed E-state index contributed by atoms with van der Waals surface area (Å²) in [7, 11) is 1.67. The normalized spacial score (nSPS) is 18.9. The molecule has 0 spiro atoms. The first kappa shape index (κ1) is 18.6.